The summed E-state index contributed by atoms with van der Waals surface area (Å²) in [5.74, 6) is -1.53. The van der Waals surface area contributed by atoms with Crippen molar-refractivity contribution in [1.29, 1.82) is 0 Å². The number of hydrogen-bond donors (Lipinski definition) is 0. The van der Waals surface area contributed by atoms with Gasteiger partial charge in [-0.05, 0) is 35.6 Å². The van der Waals surface area contributed by atoms with E-state index in [0.29, 0.717) is 5.75 Å². The fourth-order valence-electron chi connectivity index (χ4n) is 2.90. The smallest absolute Gasteiger partial charge is 0.428 e. The molecule has 1 saturated carbocycles. The van der Waals surface area contributed by atoms with Crippen molar-refractivity contribution in [3.05, 3.63) is 34.3 Å². The van der Waals surface area contributed by atoms with Crippen molar-refractivity contribution in [3.8, 4) is 11.5 Å². The number of benzene rings is 1. The van der Waals surface area contributed by atoms with Gasteiger partial charge in [-0.15, -0.1) is 0 Å². The van der Waals surface area contributed by atoms with Gasteiger partial charge in [-0.2, -0.15) is 8.78 Å². The van der Waals surface area contributed by atoms with Gasteiger partial charge in [0, 0.05) is 0 Å². The summed E-state index contributed by atoms with van der Waals surface area (Å²) in [4.78, 5) is 12.2. The monoisotopic (exact) mass is 378 g/mol. The van der Waals surface area contributed by atoms with Crippen LogP contribution < -0.4 is 9.47 Å². The highest BCUT2D eigenvalue weighted by Gasteiger charge is 2.63. The highest BCUT2D eigenvalue weighted by Crippen LogP contribution is 2.60. The molecule has 8 heteroatoms. The van der Waals surface area contributed by atoms with Crippen LogP contribution in [-0.2, 0) is 15.6 Å². The number of carbonyl (C=O) groups excluding carboxylic acids is 1. The van der Waals surface area contributed by atoms with E-state index in [-0.39, 0.29) is 23.0 Å². The molecule has 0 spiro atoms. The van der Waals surface area contributed by atoms with Crippen LogP contribution >= 0.6 is 23.2 Å². The summed E-state index contributed by atoms with van der Waals surface area (Å²) in [6.45, 7) is 3.48. The second-order valence-corrected chi connectivity index (χ2v) is 7.29. The average molecular weight is 379 g/mol. The number of fused-ring (bicyclic) bond motifs is 1. The molecule has 1 aliphatic heterocycles. The molecule has 3 rings (SSSR count). The molecule has 130 valence electrons. The Kier molecular flexibility index (Phi) is 4.16. The third-order valence-corrected chi connectivity index (χ3v) is 4.66. The summed E-state index contributed by atoms with van der Waals surface area (Å²) >= 11 is 11.2. The molecule has 4 nitrogen and oxygen atoms in total. The molecular formula is C16H14Cl2F2O4. The van der Waals surface area contributed by atoms with E-state index in [9.17, 15) is 13.6 Å². The lowest BCUT2D eigenvalue weighted by Crippen LogP contribution is -2.25. The summed E-state index contributed by atoms with van der Waals surface area (Å²) in [5, 5.41) is 0. The maximum atomic E-state index is 14.3. The predicted molar refractivity (Wildman–Crippen MR) is 83.1 cm³/mol. The third kappa shape index (κ3) is 3.05. The minimum Gasteiger partial charge on any atom is -0.454 e. The topological polar surface area (TPSA) is 44.8 Å². The molecule has 0 radical (unpaired) electrons. The molecule has 0 bridgehead atoms. The third-order valence-electron chi connectivity index (χ3n) is 4.41. The first-order valence-corrected chi connectivity index (χ1v) is 7.92. The molecule has 1 aromatic carbocycles. The summed E-state index contributed by atoms with van der Waals surface area (Å²) in [6.07, 6.45) is -2.32. The number of carbonyl (C=O) groups is 1. The Bertz CT molecular complexity index is 714. The van der Waals surface area contributed by atoms with Gasteiger partial charge < -0.3 is 14.2 Å². The zero-order valence-electron chi connectivity index (χ0n) is 12.8. The van der Waals surface area contributed by atoms with Crippen LogP contribution in [0.2, 0.25) is 0 Å². The van der Waals surface area contributed by atoms with Crippen LogP contribution in [0.25, 0.3) is 0 Å². The quantitative estimate of drug-likeness (QED) is 0.718. The highest BCUT2D eigenvalue weighted by atomic mass is 35.5. The van der Waals surface area contributed by atoms with Crippen molar-refractivity contribution >= 4 is 29.2 Å². The number of alkyl halides is 2. The van der Waals surface area contributed by atoms with E-state index in [1.165, 1.54) is 12.1 Å². The Balaban J connectivity index is 1.75. The van der Waals surface area contributed by atoms with Crippen LogP contribution in [0.15, 0.2) is 28.8 Å². The zero-order valence-corrected chi connectivity index (χ0v) is 14.3. The Morgan fingerprint density at radius 2 is 2.00 bits per heavy atom. The van der Waals surface area contributed by atoms with Crippen LogP contribution in [0.3, 0.4) is 0 Å². The van der Waals surface area contributed by atoms with E-state index in [1.54, 1.807) is 13.8 Å². The van der Waals surface area contributed by atoms with E-state index in [2.05, 4.69) is 4.74 Å². The molecule has 2 aliphatic rings. The van der Waals surface area contributed by atoms with Crippen molar-refractivity contribution < 1.29 is 27.8 Å². The summed E-state index contributed by atoms with van der Waals surface area (Å²) in [5.41, 5.74) is -1.03. The first-order valence-electron chi connectivity index (χ1n) is 7.16. The number of esters is 1. The van der Waals surface area contributed by atoms with Gasteiger partial charge in [0.2, 0.25) is 6.79 Å². The molecule has 2 unspecified atom stereocenters. The van der Waals surface area contributed by atoms with Crippen LogP contribution in [0.4, 0.5) is 8.78 Å². The van der Waals surface area contributed by atoms with Crippen LogP contribution in [0.5, 0.6) is 11.5 Å². The van der Waals surface area contributed by atoms with Crippen molar-refractivity contribution in [2.24, 2.45) is 17.3 Å². The molecule has 0 N–H and O–H groups in total. The van der Waals surface area contributed by atoms with Crippen LogP contribution in [0.1, 0.15) is 19.4 Å². The van der Waals surface area contributed by atoms with Crippen LogP contribution in [0, 0.1) is 17.3 Å². The minimum absolute atomic E-state index is 0.00842. The van der Waals surface area contributed by atoms with Gasteiger partial charge in [-0.1, -0.05) is 37.0 Å². The molecule has 2 atom stereocenters. The van der Waals surface area contributed by atoms with Gasteiger partial charge in [0.05, 0.1) is 11.5 Å². The van der Waals surface area contributed by atoms with Gasteiger partial charge in [0.25, 0.3) is 0 Å². The molecule has 24 heavy (non-hydrogen) atoms. The van der Waals surface area contributed by atoms with Crippen molar-refractivity contribution in [3.63, 3.8) is 0 Å². The average Bonchev–Trinajstić information content (AvgIpc) is 2.84. The van der Waals surface area contributed by atoms with Gasteiger partial charge >= 0.3 is 12.1 Å². The normalized spacial score (nSPS) is 23.6. The molecule has 1 aromatic rings. The lowest BCUT2D eigenvalue weighted by Gasteiger charge is -2.17. The molecular weight excluding hydrogens is 365 g/mol. The molecule has 0 aromatic heterocycles. The minimum atomic E-state index is -3.78. The molecule has 1 aliphatic carbocycles. The van der Waals surface area contributed by atoms with E-state index in [1.807, 2.05) is 0 Å². The molecule has 0 amide bonds. The largest absolute Gasteiger partial charge is 0.454 e. The van der Waals surface area contributed by atoms with E-state index in [4.69, 9.17) is 32.7 Å². The number of hydrogen-bond acceptors (Lipinski definition) is 4. The van der Waals surface area contributed by atoms with Gasteiger partial charge in [-0.3, -0.25) is 4.79 Å². The lowest BCUT2D eigenvalue weighted by molar-refractivity contribution is -0.242. The van der Waals surface area contributed by atoms with E-state index >= 15 is 0 Å². The van der Waals surface area contributed by atoms with Crippen molar-refractivity contribution in [2.75, 3.05) is 6.79 Å². The Labute approximate surface area is 147 Å². The zero-order chi connectivity index (χ0) is 17.7. The second-order valence-electron chi connectivity index (χ2n) is 6.29. The number of halogens is 4. The predicted octanol–water partition coefficient (Wildman–Crippen LogP) is 4.60. The van der Waals surface area contributed by atoms with Gasteiger partial charge in [-0.25, -0.2) is 0 Å². The van der Waals surface area contributed by atoms with E-state index in [0.717, 1.165) is 12.1 Å². The first kappa shape index (κ1) is 17.3. The molecule has 0 saturated heterocycles. The maximum absolute atomic E-state index is 14.3. The van der Waals surface area contributed by atoms with Crippen molar-refractivity contribution in [1.82, 2.24) is 0 Å². The van der Waals surface area contributed by atoms with Crippen molar-refractivity contribution in [2.45, 2.75) is 20.0 Å². The Morgan fingerprint density at radius 1 is 1.33 bits per heavy atom. The lowest BCUT2D eigenvalue weighted by atomic mass is 10.1. The van der Waals surface area contributed by atoms with E-state index < -0.39 is 29.0 Å². The second kappa shape index (κ2) is 5.77. The molecule has 1 heterocycles. The highest BCUT2D eigenvalue weighted by molar-refractivity contribution is 6.55. The summed E-state index contributed by atoms with van der Waals surface area (Å²) in [7, 11) is 0. The number of allylic oxidation sites excluding steroid dienone is 1. The summed E-state index contributed by atoms with van der Waals surface area (Å²) in [6, 6.07) is 3.58. The maximum Gasteiger partial charge on any atom is 0.428 e. The standard InChI is InChI=1S/C16H14Cl2F2O4/c1-15(2)9(6-12(17)18)13(15)14(21)24-16(19,20)8-3-4-10-11(5-8)23-7-22-10/h3-6,9,13H,7H2,1-2H3. The fourth-order valence-corrected chi connectivity index (χ4v) is 3.17. The number of ether oxygens (including phenoxy) is 3. The summed E-state index contributed by atoms with van der Waals surface area (Å²) < 4.78 is 43.2. The van der Waals surface area contributed by atoms with Gasteiger partial charge in [0.1, 0.15) is 4.49 Å². The SMILES string of the molecule is CC1(C)C(C=C(Cl)Cl)C1C(=O)OC(F)(F)c1ccc2c(c1)OCO2. The molecule has 1 fully saturated rings. The Morgan fingerprint density at radius 3 is 2.67 bits per heavy atom. The first-order chi connectivity index (χ1) is 11.1. The number of rotatable bonds is 4. The fraction of sp³-hybridized carbons (Fsp3) is 0.438. The Hall–Kier alpha value is -1.53. The van der Waals surface area contributed by atoms with Gasteiger partial charge in [0.15, 0.2) is 11.5 Å². The van der Waals surface area contributed by atoms with Crippen LogP contribution in [-0.4, -0.2) is 12.8 Å².